The fourth-order valence-corrected chi connectivity index (χ4v) is 4.69. The Balaban J connectivity index is 1.87. The number of hydrogen-bond acceptors (Lipinski definition) is 6. The van der Waals surface area contributed by atoms with Gasteiger partial charge in [0.25, 0.3) is 11.7 Å². The summed E-state index contributed by atoms with van der Waals surface area (Å²) in [5, 5.41) is 13.2. The predicted molar refractivity (Wildman–Crippen MR) is 123 cm³/mol. The molecule has 6 nitrogen and oxygen atoms in total. The number of Topliss-reactive ketones (excluding diaryl/α,β-unsaturated/α-hetero) is 1. The number of methoxy groups -OCH3 is 1. The Morgan fingerprint density at radius 3 is 2.66 bits per heavy atom. The highest BCUT2D eigenvalue weighted by molar-refractivity contribution is 7.09. The number of hydrogen-bond donors (Lipinski definition) is 1. The van der Waals surface area contributed by atoms with Crippen molar-refractivity contribution in [1.29, 1.82) is 0 Å². The standard InChI is InChI=1S/C25H24N2O4S/c1-15(2)19-12-16(8-9-20(19)31-3)23(28)21-22(17-6-4-10-26-13-17)27(25(30)24(21)29)14-18-7-5-11-32-18/h4-13,15,22,28H,14H2,1-3H3/b23-21-. The first kappa shape index (κ1) is 21.8. The second-order valence-corrected chi connectivity index (χ2v) is 8.94. The summed E-state index contributed by atoms with van der Waals surface area (Å²) in [4.78, 5) is 32.8. The number of amides is 1. The van der Waals surface area contributed by atoms with Gasteiger partial charge in [-0.15, -0.1) is 11.3 Å². The monoisotopic (exact) mass is 448 g/mol. The average Bonchev–Trinajstić information content (AvgIpc) is 3.41. The molecule has 1 unspecified atom stereocenters. The van der Waals surface area contributed by atoms with Crippen LogP contribution in [0, 0.1) is 0 Å². The molecule has 0 bridgehead atoms. The van der Waals surface area contributed by atoms with Crippen LogP contribution in [0.2, 0.25) is 0 Å². The molecule has 2 aromatic heterocycles. The number of ether oxygens (including phenoxy) is 1. The van der Waals surface area contributed by atoms with Crippen LogP contribution in [0.15, 0.2) is 65.8 Å². The number of rotatable bonds is 6. The topological polar surface area (TPSA) is 79.7 Å². The van der Waals surface area contributed by atoms with E-state index in [1.165, 1.54) is 16.2 Å². The summed E-state index contributed by atoms with van der Waals surface area (Å²) < 4.78 is 5.44. The van der Waals surface area contributed by atoms with Gasteiger partial charge in [0.15, 0.2) is 0 Å². The van der Waals surface area contributed by atoms with Crippen molar-refractivity contribution in [1.82, 2.24) is 9.88 Å². The first-order valence-corrected chi connectivity index (χ1v) is 11.2. The van der Waals surface area contributed by atoms with Gasteiger partial charge in [-0.3, -0.25) is 14.6 Å². The van der Waals surface area contributed by atoms with E-state index in [2.05, 4.69) is 4.98 Å². The third kappa shape index (κ3) is 3.91. The van der Waals surface area contributed by atoms with Gasteiger partial charge in [-0.2, -0.15) is 0 Å². The second-order valence-electron chi connectivity index (χ2n) is 7.90. The number of carbonyl (C=O) groups excluding carboxylic acids is 2. The van der Waals surface area contributed by atoms with E-state index in [0.717, 1.165) is 10.4 Å². The SMILES string of the molecule is COc1ccc(/C(O)=C2/C(=O)C(=O)N(Cc3cccs3)C2c2cccnc2)cc1C(C)C. The number of nitrogens with zero attached hydrogens (tertiary/aromatic N) is 2. The molecule has 1 aliphatic heterocycles. The lowest BCUT2D eigenvalue weighted by molar-refractivity contribution is -0.140. The number of carbonyl (C=O) groups is 2. The van der Waals surface area contributed by atoms with E-state index in [9.17, 15) is 14.7 Å². The van der Waals surface area contributed by atoms with E-state index < -0.39 is 17.7 Å². The Kier molecular flexibility index (Phi) is 6.10. The molecule has 1 aromatic carbocycles. The number of ketones is 1. The average molecular weight is 449 g/mol. The van der Waals surface area contributed by atoms with Gasteiger partial charge in [-0.05, 0) is 52.8 Å². The van der Waals surface area contributed by atoms with Crippen molar-refractivity contribution >= 4 is 28.8 Å². The number of thiophene rings is 1. The largest absolute Gasteiger partial charge is 0.507 e. The third-order valence-corrected chi connectivity index (χ3v) is 6.43. The molecule has 1 aliphatic rings. The summed E-state index contributed by atoms with van der Waals surface area (Å²) >= 11 is 1.51. The maximum Gasteiger partial charge on any atom is 0.295 e. The van der Waals surface area contributed by atoms with Crippen LogP contribution >= 0.6 is 11.3 Å². The summed E-state index contributed by atoms with van der Waals surface area (Å²) in [5.41, 5.74) is 2.11. The number of aliphatic hydroxyl groups is 1. The Morgan fingerprint density at radius 2 is 2.03 bits per heavy atom. The highest BCUT2D eigenvalue weighted by atomic mass is 32.1. The number of benzene rings is 1. The van der Waals surface area contributed by atoms with E-state index >= 15 is 0 Å². The number of pyridine rings is 1. The zero-order valence-corrected chi connectivity index (χ0v) is 18.9. The molecule has 0 aliphatic carbocycles. The maximum absolute atomic E-state index is 13.1. The van der Waals surface area contributed by atoms with E-state index in [4.69, 9.17) is 4.74 Å². The minimum atomic E-state index is -0.726. The summed E-state index contributed by atoms with van der Waals surface area (Å²) in [6, 6.07) is 11.9. The van der Waals surface area contributed by atoms with E-state index in [0.29, 0.717) is 16.9 Å². The molecular formula is C25H24N2O4S. The molecule has 3 aromatic rings. The van der Waals surface area contributed by atoms with Gasteiger partial charge in [0.2, 0.25) is 0 Å². The minimum absolute atomic E-state index is 0.0689. The molecule has 1 amide bonds. The van der Waals surface area contributed by atoms with Crippen molar-refractivity contribution in [2.24, 2.45) is 0 Å². The summed E-state index contributed by atoms with van der Waals surface area (Å²) in [6.07, 6.45) is 3.26. The highest BCUT2D eigenvalue weighted by Crippen LogP contribution is 2.41. The van der Waals surface area contributed by atoms with Gasteiger partial charge in [-0.1, -0.05) is 26.0 Å². The molecule has 0 saturated carbocycles. The highest BCUT2D eigenvalue weighted by Gasteiger charge is 2.46. The Hall–Kier alpha value is -3.45. The maximum atomic E-state index is 13.1. The number of aromatic nitrogens is 1. The van der Waals surface area contributed by atoms with Gasteiger partial charge < -0.3 is 14.7 Å². The molecule has 0 spiro atoms. The molecule has 7 heteroatoms. The van der Waals surface area contributed by atoms with Crippen molar-refractivity contribution in [2.45, 2.75) is 32.4 Å². The van der Waals surface area contributed by atoms with E-state index in [1.807, 2.05) is 43.5 Å². The zero-order valence-electron chi connectivity index (χ0n) is 18.1. The quantitative estimate of drug-likeness (QED) is 0.330. The van der Waals surface area contributed by atoms with Crippen LogP contribution in [0.1, 0.15) is 47.4 Å². The van der Waals surface area contributed by atoms with Gasteiger partial charge in [-0.25, -0.2) is 0 Å². The molecular weight excluding hydrogens is 424 g/mol. The van der Waals surface area contributed by atoms with Crippen LogP contribution in [-0.4, -0.2) is 33.8 Å². The van der Waals surface area contributed by atoms with Crippen LogP contribution in [0.3, 0.4) is 0 Å². The van der Waals surface area contributed by atoms with Crippen molar-refractivity contribution in [3.05, 3.63) is 87.4 Å². The van der Waals surface area contributed by atoms with Crippen LogP contribution in [0.25, 0.3) is 5.76 Å². The van der Waals surface area contributed by atoms with Gasteiger partial charge in [0, 0.05) is 22.8 Å². The van der Waals surface area contributed by atoms with Crippen molar-refractivity contribution in [3.63, 3.8) is 0 Å². The smallest absolute Gasteiger partial charge is 0.295 e. The van der Waals surface area contributed by atoms with E-state index in [-0.39, 0.29) is 23.8 Å². The van der Waals surface area contributed by atoms with Crippen molar-refractivity contribution in [3.8, 4) is 5.75 Å². The lowest BCUT2D eigenvalue weighted by Crippen LogP contribution is -2.28. The second kappa shape index (κ2) is 8.96. The minimum Gasteiger partial charge on any atom is -0.507 e. The number of likely N-dealkylation sites (tertiary alicyclic amines) is 1. The Labute approximate surface area is 190 Å². The first-order valence-electron chi connectivity index (χ1n) is 10.3. The molecule has 1 N–H and O–H groups in total. The fourth-order valence-electron chi connectivity index (χ4n) is 3.99. The van der Waals surface area contributed by atoms with Crippen LogP contribution in [0.5, 0.6) is 5.75 Å². The Bertz CT molecular complexity index is 1170. The van der Waals surface area contributed by atoms with E-state index in [1.54, 1.807) is 37.7 Å². The lowest BCUT2D eigenvalue weighted by atomic mass is 9.93. The molecule has 1 atom stereocenters. The summed E-state index contributed by atoms with van der Waals surface area (Å²) in [7, 11) is 1.60. The molecule has 4 rings (SSSR count). The van der Waals surface area contributed by atoms with Crippen LogP contribution < -0.4 is 4.74 Å². The van der Waals surface area contributed by atoms with Gasteiger partial charge in [0.1, 0.15) is 11.5 Å². The molecule has 3 heterocycles. The zero-order chi connectivity index (χ0) is 22.8. The molecule has 1 fully saturated rings. The molecule has 32 heavy (non-hydrogen) atoms. The third-order valence-electron chi connectivity index (χ3n) is 5.57. The number of aliphatic hydroxyl groups excluding tert-OH is 1. The normalized spacial score (nSPS) is 17.9. The summed E-state index contributed by atoms with van der Waals surface area (Å²) in [5.74, 6) is -0.678. The Morgan fingerprint density at radius 1 is 1.22 bits per heavy atom. The summed E-state index contributed by atoms with van der Waals surface area (Å²) in [6.45, 7) is 4.33. The van der Waals surface area contributed by atoms with Gasteiger partial charge >= 0.3 is 0 Å². The van der Waals surface area contributed by atoms with Crippen LogP contribution in [-0.2, 0) is 16.1 Å². The van der Waals surface area contributed by atoms with Crippen LogP contribution in [0.4, 0.5) is 0 Å². The first-order chi connectivity index (χ1) is 15.4. The predicted octanol–water partition coefficient (Wildman–Crippen LogP) is 4.90. The van der Waals surface area contributed by atoms with Gasteiger partial charge in [0.05, 0.1) is 25.3 Å². The lowest BCUT2D eigenvalue weighted by Gasteiger charge is -2.24. The van der Waals surface area contributed by atoms with Crippen molar-refractivity contribution < 1.29 is 19.4 Å². The molecule has 1 saturated heterocycles. The molecule has 0 radical (unpaired) electrons. The van der Waals surface area contributed by atoms with Crippen molar-refractivity contribution in [2.75, 3.05) is 7.11 Å². The molecule has 164 valence electrons. The fraction of sp³-hybridized carbons (Fsp3) is 0.240.